The lowest BCUT2D eigenvalue weighted by atomic mass is 10.1. The zero-order chi connectivity index (χ0) is 19.6. The number of sulfone groups is 1. The Hall–Kier alpha value is -2.81. The van der Waals surface area contributed by atoms with Crippen molar-refractivity contribution in [2.45, 2.75) is 19.0 Å². The molecule has 1 aliphatic rings. The Balaban J connectivity index is 2.01. The van der Waals surface area contributed by atoms with E-state index in [1.807, 2.05) is 0 Å². The number of hydrogen-bond acceptors (Lipinski definition) is 5. The quantitative estimate of drug-likeness (QED) is 0.575. The first-order chi connectivity index (χ1) is 12.8. The van der Waals surface area contributed by atoms with Gasteiger partial charge in [0.2, 0.25) is 0 Å². The van der Waals surface area contributed by atoms with E-state index >= 15 is 0 Å². The molecule has 0 spiro atoms. The molecule has 3 rings (SSSR count). The summed E-state index contributed by atoms with van der Waals surface area (Å²) in [7, 11) is -3.31. The van der Waals surface area contributed by atoms with Gasteiger partial charge in [-0.25, -0.2) is 12.8 Å². The van der Waals surface area contributed by atoms with Gasteiger partial charge in [-0.1, -0.05) is 30.3 Å². The van der Waals surface area contributed by atoms with Crippen LogP contribution in [0.5, 0.6) is 0 Å². The molecule has 0 unspecified atom stereocenters. The molecule has 0 aliphatic carbocycles. The van der Waals surface area contributed by atoms with E-state index in [0.717, 1.165) is 0 Å². The minimum absolute atomic E-state index is 0.0738. The highest BCUT2D eigenvalue weighted by atomic mass is 32.2. The molecule has 2 aromatic rings. The van der Waals surface area contributed by atoms with Crippen LogP contribution in [0.25, 0.3) is 0 Å². The zero-order valence-electron chi connectivity index (χ0n) is 14.2. The van der Waals surface area contributed by atoms with Crippen LogP contribution in [0, 0.1) is 15.9 Å². The highest BCUT2D eigenvalue weighted by molar-refractivity contribution is 7.91. The fourth-order valence-electron chi connectivity index (χ4n) is 3.17. The second-order valence-corrected chi connectivity index (χ2v) is 8.58. The van der Waals surface area contributed by atoms with Crippen LogP contribution in [-0.4, -0.2) is 41.7 Å². The fourth-order valence-corrected chi connectivity index (χ4v) is 4.90. The summed E-state index contributed by atoms with van der Waals surface area (Å²) in [6.45, 7) is -0.169. The van der Waals surface area contributed by atoms with Crippen molar-refractivity contribution in [3.05, 3.63) is 75.6 Å². The molecule has 0 aromatic heterocycles. The Morgan fingerprint density at radius 1 is 1.19 bits per heavy atom. The SMILES string of the molecule is O=C(c1ccccc1[N+](=O)[O-])N(Cc1ccccc1F)[C@@H]1CCS(=O)(=O)C1. The van der Waals surface area contributed by atoms with Crippen molar-refractivity contribution in [3.8, 4) is 0 Å². The van der Waals surface area contributed by atoms with Gasteiger partial charge < -0.3 is 4.90 Å². The maximum absolute atomic E-state index is 14.1. The second-order valence-electron chi connectivity index (χ2n) is 6.36. The Bertz CT molecular complexity index is 993. The van der Waals surface area contributed by atoms with Crippen LogP contribution in [0.3, 0.4) is 0 Å². The van der Waals surface area contributed by atoms with E-state index in [2.05, 4.69) is 0 Å². The van der Waals surface area contributed by atoms with Crippen molar-refractivity contribution in [2.75, 3.05) is 11.5 Å². The van der Waals surface area contributed by atoms with E-state index in [1.165, 1.54) is 47.4 Å². The van der Waals surface area contributed by atoms with Crippen molar-refractivity contribution in [1.82, 2.24) is 4.90 Å². The van der Waals surface area contributed by atoms with Crippen LogP contribution in [0.2, 0.25) is 0 Å². The molecule has 9 heteroatoms. The minimum atomic E-state index is -3.31. The highest BCUT2D eigenvalue weighted by Crippen LogP contribution is 2.26. The van der Waals surface area contributed by atoms with Gasteiger partial charge in [0.05, 0.1) is 16.4 Å². The standard InChI is InChI=1S/C18H17FN2O5S/c19-16-7-3-1-5-13(16)11-20(14-9-10-27(25,26)12-14)18(22)15-6-2-4-8-17(15)21(23)24/h1-8,14H,9-12H2/t14-/m1/s1. The lowest BCUT2D eigenvalue weighted by Gasteiger charge is -2.28. The van der Waals surface area contributed by atoms with Gasteiger partial charge in [-0.15, -0.1) is 0 Å². The molecule has 1 atom stereocenters. The van der Waals surface area contributed by atoms with Crippen molar-refractivity contribution >= 4 is 21.4 Å². The van der Waals surface area contributed by atoms with Gasteiger partial charge in [-0.2, -0.15) is 0 Å². The van der Waals surface area contributed by atoms with Gasteiger partial charge in [0, 0.05) is 24.2 Å². The van der Waals surface area contributed by atoms with E-state index in [1.54, 1.807) is 6.07 Å². The van der Waals surface area contributed by atoms with E-state index in [9.17, 15) is 27.7 Å². The number of rotatable bonds is 5. The minimum Gasteiger partial charge on any atom is -0.330 e. The Morgan fingerprint density at radius 3 is 2.48 bits per heavy atom. The molecule has 1 heterocycles. The summed E-state index contributed by atoms with van der Waals surface area (Å²) in [5, 5.41) is 11.3. The van der Waals surface area contributed by atoms with Gasteiger partial charge in [0.15, 0.2) is 9.84 Å². The Labute approximate surface area is 155 Å². The van der Waals surface area contributed by atoms with Crippen LogP contribution in [-0.2, 0) is 16.4 Å². The van der Waals surface area contributed by atoms with Crippen molar-refractivity contribution in [2.24, 2.45) is 0 Å². The maximum atomic E-state index is 14.1. The normalized spacial score (nSPS) is 18.2. The topological polar surface area (TPSA) is 97.6 Å². The molecule has 0 N–H and O–H groups in total. The van der Waals surface area contributed by atoms with E-state index in [4.69, 9.17) is 0 Å². The van der Waals surface area contributed by atoms with Crippen LogP contribution in [0.4, 0.5) is 10.1 Å². The van der Waals surface area contributed by atoms with Crippen LogP contribution < -0.4 is 0 Å². The number of hydrogen-bond donors (Lipinski definition) is 0. The van der Waals surface area contributed by atoms with Crippen LogP contribution in [0.15, 0.2) is 48.5 Å². The van der Waals surface area contributed by atoms with Crippen molar-refractivity contribution in [3.63, 3.8) is 0 Å². The molecule has 27 heavy (non-hydrogen) atoms. The van der Waals surface area contributed by atoms with Gasteiger partial charge in [-0.3, -0.25) is 14.9 Å². The van der Waals surface area contributed by atoms with E-state index < -0.39 is 32.5 Å². The molecule has 1 aliphatic heterocycles. The largest absolute Gasteiger partial charge is 0.330 e. The average molecular weight is 392 g/mol. The van der Waals surface area contributed by atoms with Crippen LogP contribution >= 0.6 is 0 Å². The third-order valence-corrected chi connectivity index (χ3v) is 6.29. The first-order valence-electron chi connectivity index (χ1n) is 8.27. The molecule has 1 saturated heterocycles. The number of amides is 1. The summed E-state index contributed by atoms with van der Waals surface area (Å²) in [6.07, 6.45) is 0.211. The smallest absolute Gasteiger partial charge is 0.282 e. The molecule has 0 radical (unpaired) electrons. The molecular weight excluding hydrogens is 375 g/mol. The number of benzene rings is 2. The van der Waals surface area contributed by atoms with Gasteiger partial charge in [0.1, 0.15) is 11.4 Å². The van der Waals surface area contributed by atoms with Crippen molar-refractivity contribution < 1.29 is 22.5 Å². The zero-order valence-corrected chi connectivity index (χ0v) is 15.1. The third-order valence-electron chi connectivity index (χ3n) is 4.54. The molecular formula is C18H17FN2O5S. The third kappa shape index (κ3) is 4.13. The molecule has 2 aromatic carbocycles. The molecule has 142 valence electrons. The number of carbonyl (C=O) groups is 1. The predicted octanol–water partition coefficient (Wildman–Crippen LogP) is 2.56. The highest BCUT2D eigenvalue weighted by Gasteiger charge is 2.37. The van der Waals surface area contributed by atoms with Gasteiger partial charge in [-0.05, 0) is 18.6 Å². The molecule has 0 bridgehead atoms. The van der Waals surface area contributed by atoms with E-state index in [0.29, 0.717) is 0 Å². The summed E-state index contributed by atoms with van der Waals surface area (Å²) in [6, 6.07) is 10.7. The first kappa shape index (κ1) is 19.0. The number of halogens is 1. The fraction of sp³-hybridized carbons (Fsp3) is 0.278. The molecule has 0 saturated carbocycles. The summed E-state index contributed by atoms with van der Waals surface area (Å²) in [5.74, 6) is -1.53. The number of carbonyl (C=O) groups excluding carboxylic acids is 1. The summed E-state index contributed by atoms with van der Waals surface area (Å²) in [4.78, 5) is 24.9. The number of nitro benzene ring substituents is 1. The molecule has 7 nitrogen and oxygen atoms in total. The van der Waals surface area contributed by atoms with E-state index in [-0.39, 0.29) is 41.3 Å². The Kier molecular flexibility index (Phi) is 5.22. The number of para-hydroxylation sites is 1. The second kappa shape index (κ2) is 7.43. The maximum Gasteiger partial charge on any atom is 0.282 e. The predicted molar refractivity (Wildman–Crippen MR) is 96.4 cm³/mol. The Morgan fingerprint density at radius 2 is 1.85 bits per heavy atom. The average Bonchev–Trinajstić information content (AvgIpc) is 3.00. The summed E-state index contributed by atoms with van der Waals surface area (Å²) < 4.78 is 37.9. The summed E-state index contributed by atoms with van der Waals surface area (Å²) >= 11 is 0. The summed E-state index contributed by atoms with van der Waals surface area (Å²) in [5.41, 5.74) is -0.307. The number of nitrogens with zero attached hydrogens (tertiary/aromatic N) is 2. The van der Waals surface area contributed by atoms with Gasteiger partial charge in [0.25, 0.3) is 11.6 Å². The lowest BCUT2D eigenvalue weighted by Crippen LogP contribution is -2.41. The lowest BCUT2D eigenvalue weighted by molar-refractivity contribution is -0.385. The van der Waals surface area contributed by atoms with Gasteiger partial charge >= 0.3 is 0 Å². The van der Waals surface area contributed by atoms with Crippen molar-refractivity contribution in [1.29, 1.82) is 0 Å². The molecule has 1 fully saturated rings. The monoisotopic (exact) mass is 392 g/mol. The first-order valence-corrected chi connectivity index (χ1v) is 10.1. The molecule has 1 amide bonds. The van der Waals surface area contributed by atoms with Crippen LogP contribution in [0.1, 0.15) is 22.3 Å². The number of nitro groups is 1.